The number of furan rings is 1. The normalized spacial score (nSPS) is 14.7. The molecule has 0 unspecified atom stereocenters. The molecule has 0 saturated carbocycles. The van der Waals surface area contributed by atoms with E-state index in [4.69, 9.17) is 4.42 Å². The van der Waals surface area contributed by atoms with Gasteiger partial charge in [-0.15, -0.1) is 0 Å². The molecule has 1 N–H and O–H groups in total. The number of halogens is 1. The molecule has 9 nitrogen and oxygen atoms in total. The minimum absolute atomic E-state index is 0.0296. The average Bonchev–Trinajstić information content (AvgIpc) is 3.34. The first kappa shape index (κ1) is 22.0. The van der Waals surface area contributed by atoms with Crippen molar-refractivity contribution in [3.63, 3.8) is 0 Å². The van der Waals surface area contributed by atoms with E-state index in [1.165, 1.54) is 54.6 Å². The van der Waals surface area contributed by atoms with Crippen LogP contribution in [0.1, 0.15) is 5.76 Å². The highest BCUT2D eigenvalue weighted by atomic mass is 32.2. The molecule has 1 aliphatic rings. The van der Waals surface area contributed by atoms with Crippen molar-refractivity contribution in [3.05, 3.63) is 87.3 Å². The predicted molar refractivity (Wildman–Crippen MR) is 119 cm³/mol. The molecule has 1 fully saturated rings. The van der Waals surface area contributed by atoms with Gasteiger partial charge in [-0.25, -0.2) is 4.39 Å². The van der Waals surface area contributed by atoms with E-state index in [0.29, 0.717) is 11.8 Å². The second-order valence-corrected chi connectivity index (χ2v) is 7.80. The van der Waals surface area contributed by atoms with Crippen LogP contribution in [-0.4, -0.2) is 33.4 Å². The fourth-order valence-electron chi connectivity index (χ4n) is 3.09. The minimum atomic E-state index is -0.692. The number of benzene rings is 2. The molecule has 0 radical (unpaired) electrons. The summed E-state index contributed by atoms with van der Waals surface area (Å²) in [5.41, 5.74) is 0.327. The molecular formula is C22H14FN3O6S. The topological polar surface area (TPSA) is 123 Å². The molecule has 0 spiro atoms. The summed E-state index contributed by atoms with van der Waals surface area (Å²) in [4.78, 5) is 48.6. The van der Waals surface area contributed by atoms with Crippen LogP contribution in [0, 0.1) is 15.9 Å². The van der Waals surface area contributed by atoms with Crippen molar-refractivity contribution in [1.82, 2.24) is 4.90 Å². The Hall–Kier alpha value is -4.25. The summed E-state index contributed by atoms with van der Waals surface area (Å²) in [5.74, 6) is -1.47. The number of rotatable bonds is 6. The molecule has 0 aliphatic carbocycles. The zero-order chi connectivity index (χ0) is 23.5. The maximum absolute atomic E-state index is 13.3. The monoisotopic (exact) mass is 467 g/mol. The molecule has 1 aliphatic heterocycles. The predicted octanol–water partition coefficient (Wildman–Crippen LogP) is 4.67. The highest BCUT2D eigenvalue weighted by molar-refractivity contribution is 8.18. The van der Waals surface area contributed by atoms with E-state index >= 15 is 0 Å². The number of nitrogens with one attached hydrogen (secondary N) is 1. The average molecular weight is 467 g/mol. The first-order valence-electron chi connectivity index (χ1n) is 9.46. The Morgan fingerprint density at radius 2 is 1.94 bits per heavy atom. The van der Waals surface area contributed by atoms with Gasteiger partial charge in [0.25, 0.3) is 16.8 Å². The first-order valence-corrected chi connectivity index (χ1v) is 10.3. The van der Waals surface area contributed by atoms with Gasteiger partial charge in [0.1, 0.15) is 23.9 Å². The van der Waals surface area contributed by atoms with Gasteiger partial charge in [-0.1, -0.05) is 18.2 Å². The van der Waals surface area contributed by atoms with Crippen molar-refractivity contribution in [2.24, 2.45) is 0 Å². The van der Waals surface area contributed by atoms with E-state index in [2.05, 4.69) is 5.32 Å². The zero-order valence-corrected chi connectivity index (χ0v) is 17.5. The number of hydrogen-bond acceptors (Lipinski definition) is 7. The molecule has 1 saturated heterocycles. The Balaban J connectivity index is 1.48. The van der Waals surface area contributed by atoms with Crippen molar-refractivity contribution in [2.75, 3.05) is 11.9 Å². The van der Waals surface area contributed by atoms with Crippen molar-refractivity contribution in [3.8, 4) is 11.3 Å². The third-order valence-corrected chi connectivity index (χ3v) is 5.46. The summed E-state index contributed by atoms with van der Waals surface area (Å²) in [6.45, 7) is -0.544. The molecule has 0 bridgehead atoms. The Bertz CT molecular complexity index is 1320. The second kappa shape index (κ2) is 9.09. The maximum Gasteiger partial charge on any atom is 0.294 e. The van der Waals surface area contributed by atoms with Gasteiger partial charge in [0.05, 0.1) is 15.4 Å². The lowest BCUT2D eigenvalue weighted by atomic mass is 10.1. The smallest absolute Gasteiger partial charge is 0.294 e. The van der Waals surface area contributed by atoms with E-state index < -0.39 is 34.3 Å². The maximum atomic E-state index is 13.3. The van der Waals surface area contributed by atoms with Gasteiger partial charge in [0, 0.05) is 17.8 Å². The Morgan fingerprint density at radius 3 is 2.70 bits per heavy atom. The molecule has 166 valence electrons. The first-order chi connectivity index (χ1) is 15.8. The molecular weight excluding hydrogens is 453 g/mol. The minimum Gasteiger partial charge on any atom is -0.456 e. The van der Waals surface area contributed by atoms with Gasteiger partial charge in [-0.3, -0.25) is 29.4 Å². The molecule has 33 heavy (non-hydrogen) atoms. The summed E-state index contributed by atoms with van der Waals surface area (Å²) in [7, 11) is 0. The van der Waals surface area contributed by atoms with Gasteiger partial charge in [0.2, 0.25) is 5.91 Å². The summed E-state index contributed by atoms with van der Waals surface area (Å²) < 4.78 is 18.9. The van der Waals surface area contributed by atoms with Crippen LogP contribution in [0.2, 0.25) is 0 Å². The van der Waals surface area contributed by atoms with Crippen LogP contribution in [0.5, 0.6) is 0 Å². The lowest BCUT2D eigenvalue weighted by Gasteiger charge is -2.12. The number of imide groups is 1. The standard InChI is InChI=1S/C22H14FN3O6S/c23-13-4-3-5-14(10-13)24-20(27)12-25-21(28)19(33-22(25)29)11-15-8-9-18(32-15)16-6-1-2-7-17(16)26(30)31/h1-11H,12H2,(H,24,27)/b19-11-. The van der Waals surface area contributed by atoms with E-state index in [0.717, 1.165) is 11.0 Å². The van der Waals surface area contributed by atoms with E-state index in [1.807, 2.05) is 0 Å². The third-order valence-electron chi connectivity index (χ3n) is 4.55. The fraction of sp³-hybridized carbons (Fsp3) is 0.0455. The number of hydrogen-bond donors (Lipinski definition) is 1. The number of nitrogens with zero attached hydrogens (tertiary/aromatic N) is 2. The number of amides is 3. The van der Waals surface area contributed by atoms with Crippen molar-refractivity contribution >= 4 is 46.3 Å². The lowest BCUT2D eigenvalue weighted by Crippen LogP contribution is -2.36. The molecule has 3 amide bonds. The number of anilines is 1. The van der Waals surface area contributed by atoms with Crippen molar-refractivity contribution in [2.45, 2.75) is 0 Å². The molecule has 3 aromatic rings. The molecule has 0 atom stereocenters. The Morgan fingerprint density at radius 1 is 1.15 bits per heavy atom. The number of carbonyl (C=O) groups excluding carboxylic acids is 3. The van der Waals surface area contributed by atoms with Gasteiger partial charge in [-0.2, -0.15) is 0 Å². The van der Waals surface area contributed by atoms with Gasteiger partial charge in [0.15, 0.2) is 0 Å². The van der Waals surface area contributed by atoms with Crippen LogP contribution < -0.4 is 5.32 Å². The highest BCUT2D eigenvalue weighted by Gasteiger charge is 2.36. The van der Waals surface area contributed by atoms with E-state index in [1.54, 1.807) is 6.07 Å². The van der Waals surface area contributed by atoms with Crippen LogP contribution in [0.25, 0.3) is 17.4 Å². The third kappa shape index (κ3) is 4.83. The molecule has 4 rings (SSSR count). The number of nitro benzene ring substituents is 1. The number of carbonyl (C=O) groups is 3. The van der Waals surface area contributed by atoms with E-state index in [9.17, 15) is 28.9 Å². The van der Waals surface area contributed by atoms with Crippen molar-refractivity contribution in [1.29, 1.82) is 0 Å². The van der Waals surface area contributed by atoms with Gasteiger partial charge >= 0.3 is 0 Å². The molecule has 1 aromatic heterocycles. The van der Waals surface area contributed by atoms with E-state index in [-0.39, 0.29) is 33.4 Å². The SMILES string of the molecule is O=C(CN1C(=O)S/C(=C\c2ccc(-c3ccccc3[N+](=O)[O-])o2)C1=O)Nc1cccc(F)c1. The van der Waals surface area contributed by atoms with Gasteiger partial charge < -0.3 is 9.73 Å². The highest BCUT2D eigenvalue weighted by Crippen LogP contribution is 2.35. The van der Waals surface area contributed by atoms with Crippen LogP contribution in [0.4, 0.5) is 20.6 Å². The summed E-state index contributed by atoms with van der Waals surface area (Å²) in [6.07, 6.45) is 1.33. The van der Waals surface area contributed by atoms with Gasteiger partial charge in [-0.05, 0) is 48.2 Å². The van der Waals surface area contributed by atoms with Crippen LogP contribution in [0.15, 0.2) is 70.0 Å². The van der Waals surface area contributed by atoms with Crippen LogP contribution >= 0.6 is 11.8 Å². The zero-order valence-electron chi connectivity index (χ0n) is 16.7. The summed E-state index contributed by atoms with van der Waals surface area (Å²) in [6, 6.07) is 14.3. The second-order valence-electron chi connectivity index (χ2n) is 6.80. The fourth-order valence-corrected chi connectivity index (χ4v) is 3.91. The molecule has 2 heterocycles. The number of nitro groups is 1. The largest absolute Gasteiger partial charge is 0.456 e. The quantitative estimate of drug-likeness (QED) is 0.317. The Labute approximate surface area is 190 Å². The Kier molecular flexibility index (Phi) is 6.05. The summed E-state index contributed by atoms with van der Waals surface area (Å²) in [5, 5.41) is 13.0. The van der Waals surface area contributed by atoms with Crippen LogP contribution in [-0.2, 0) is 9.59 Å². The summed E-state index contributed by atoms with van der Waals surface area (Å²) >= 11 is 0.631. The molecule has 2 aromatic carbocycles. The number of para-hydroxylation sites is 1. The van der Waals surface area contributed by atoms with Crippen LogP contribution in [0.3, 0.4) is 0 Å². The lowest BCUT2D eigenvalue weighted by molar-refractivity contribution is -0.384. The number of thioether (sulfide) groups is 1. The van der Waals surface area contributed by atoms with Crippen molar-refractivity contribution < 1.29 is 28.1 Å². The molecule has 11 heteroatoms.